The number of amides is 1. The Kier molecular flexibility index (Phi) is 5.59. The van der Waals surface area contributed by atoms with E-state index in [1.807, 2.05) is 43.6 Å². The van der Waals surface area contributed by atoms with Gasteiger partial charge in [0.25, 0.3) is 5.91 Å². The lowest BCUT2D eigenvalue weighted by molar-refractivity contribution is 0.000439. The third-order valence-corrected chi connectivity index (χ3v) is 6.44. The van der Waals surface area contributed by atoms with Crippen LogP contribution in [0.5, 0.6) is 0 Å². The molecular weight excluding hydrogens is 404 g/mol. The van der Waals surface area contributed by atoms with Gasteiger partial charge >= 0.3 is 0 Å². The highest BCUT2D eigenvalue weighted by molar-refractivity contribution is 7.88. The van der Waals surface area contributed by atoms with E-state index in [-0.39, 0.29) is 25.1 Å². The molecule has 8 nitrogen and oxygen atoms in total. The summed E-state index contributed by atoms with van der Waals surface area (Å²) in [6.07, 6.45) is 2.72. The van der Waals surface area contributed by atoms with Crippen LogP contribution in [0.1, 0.15) is 10.4 Å². The summed E-state index contributed by atoms with van der Waals surface area (Å²) in [6, 6.07) is 13.5. The number of aromatic nitrogens is 2. The molecule has 0 saturated carbocycles. The Morgan fingerprint density at radius 1 is 1.20 bits per heavy atom. The molecule has 2 aromatic carbocycles. The maximum Gasteiger partial charge on any atom is 0.251 e. The number of carbonyl (C=O) groups excluding carboxylic acids is 1. The number of benzene rings is 2. The molecule has 0 aliphatic carbocycles. The summed E-state index contributed by atoms with van der Waals surface area (Å²) in [4.78, 5) is 12.6. The van der Waals surface area contributed by atoms with E-state index in [1.54, 1.807) is 10.7 Å². The van der Waals surface area contributed by atoms with Crippen molar-refractivity contribution in [2.75, 3.05) is 32.5 Å². The SMILES string of the molecule is Cn1ccc(-c2ccc3cc(C(=O)NCC4CN(S(C)(=O)=O)CCO4)ccc3c2)n1. The second-order valence-corrected chi connectivity index (χ2v) is 9.46. The van der Waals surface area contributed by atoms with Crippen LogP contribution in [-0.4, -0.2) is 67.0 Å². The van der Waals surface area contributed by atoms with E-state index < -0.39 is 10.0 Å². The van der Waals surface area contributed by atoms with Crippen molar-refractivity contribution in [3.05, 3.63) is 54.2 Å². The van der Waals surface area contributed by atoms with Crippen LogP contribution in [0.25, 0.3) is 22.0 Å². The first-order valence-electron chi connectivity index (χ1n) is 9.68. The molecule has 1 fully saturated rings. The summed E-state index contributed by atoms with van der Waals surface area (Å²) in [6.45, 7) is 1.16. The van der Waals surface area contributed by atoms with Crippen LogP contribution in [-0.2, 0) is 21.8 Å². The third kappa shape index (κ3) is 4.53. The fraction of sp³-hybridized carbons (Fsp3) is 0.333. The number of carbonyl (C=O) groups is 1. The van der Waals surface area contributed by atoms with E-state index in [1.165, 1.54) is 10.6 Å². The van der Waals surface area contributed by atoms with Gasteiger partial charge < -0.3 is 10.1 Å². The minimum Gasteiger partial charge on any atom is -0.374 e. The van der Waals surface area contributed by atoms with Gasteiger partial charge in [0.05, 0.1) is 24.7 Å². The minimum atomic E-state index is -3.26. The summed E-state index contributed by atoms with van der Waals surface area (Å²) in [7, 11) is -1.38. The van der Waals surface area contributed by atoms with Crippen molar-refractivity contribution in [2.45, 2.75) is 6.10 Å². The maximum absolute atomic E-state index is 12.6. The molecule has 9 heteroatoms. The van der Waals surface area contributed by atoms with Crippen molar-refractivity contribution in [3.63, 3.8) is 0 Å². The molecule has 30 heavy (non-hydrogen) atoms. The van der Waals surface area contributed by atoms with Crippen molar-refractivity contribution in [3.8, 4) is 11.3 Å². The van der Waals surface area contributed by atoms with Crippen LogP contribution >= 0.6 is 0 Å². The molecule has 1 N–H and O–H groups in total. The minimum absolute atomic E-state index is 0.217. The Morgan fingerprint density at radius 3 is 2.70 bits per heavy atom. The Morgan fingerprint density at radius 2 is 1.97 bits per heavy atom. The van der Waals surface area contributed by atoms with Crippen LogP contribution in [0.4, 0.5) is 0 Å². The van der Waals surface area contributed by atoms with E-state index in [4.69, 9.17) is 4.74 Å². The van der Waals surface area contributed by atoms with Gasteiger partial charge in [-0.2, -0.15) is 9.40 Å². The number of hydrogen-bond acceptors (Lipinski definition) is 5. The van der Waals surface area contributed by atoms with Crippen LogP contribution in [0.2, 0.25) is 0 Å². The Labute approximate surface area is 175 Å². The molecule has 0 radical (unpaired) electrons. The van der Waals surface area contributed by atoms with Crippen molar-refractivity contribution < 1.29 is 17.9 Å². The quantitative estimate of drug-likeness (QED) is 0.667. The number of hydrogen-bond donors (Lipinski definition) is 1. The number of nitrogens with one attached hydrogen (secondary N) is 1. The van der Waals surface area contributed by atoms with Gasteiger partial charge in [-0.25, -0.2) is 8.42 Å². The standard InChI is InChI=1S/C21H24N4O4S/c1-24-8-7-20(23-24)17-5-3-16-12-18(6-4-15(16)11-17)21(26)22-13-19-14-25(9-10-29-19)30(2,27)28/h3-8,11-12,19H,9-10,13-14H2,1-2H3,(H,22,26). The number of nitrogens with zero attached hydrogens (tertiary/aromatic N) is 3. The summed E-state index contributed by atoms with van der Waals surface area (Å²) >= 11 is 0. The summed E-state index contributed by atoms with van der Waals surface area (Å²) < 4.78 is 32.1. The van der Waals surface area contributed by atoms with Gasteiger partial charge in [0.2, 0.25) is 10.0 Å². The lowest BCUT2D eigenvalue weighted by atomic mass is 10.0. The molecule has 4 rings (SSSR count). The zero-order valence-electron chi connectivity index (χ0n) is 16.9. The normalized spacial score (nSPS) is 17.9. The van der Waals surface area contributed by atoms with Crippen LogP contribution < -0.4 is 5.32 Å². The van der Waals surface area contributed by atoms with E-state index in [0.29, 0.717) is 18.7 Å². The highest BCUT2D eigenvalue weighted by atomic mass is 32.2. The molecule has 1 aliphatic rings. The van der Waals surface area contributed by atoms with Crippen molar-refractivity contribution in [1.29, 1.82) is 0 Å². The molecule has 0 bridgehead atoms. The van der Waals surface area contributed by atoms with E-state index >= 15 is 0 Å². The van der Waals surface area contributed by atoms with Gasteiger partial charge in [0.1, 0.15) is 0 Å². The second kappa shape index (κ2) is 8.17. The van der Waals surface area contributed by atoms with Gasteiger partial charge in [-0.05, 0) is 35.0 Å². The van der Waals surface area contributed by atoms with Gasteiger partial charge in [-0.1, -0.05) is 18.2 Å². The largest absolute Gasteiger partial charge is 0.374 e. The smallest absolute Gasteiger partial charge is 0.251 e. The lowest BCUT2D eigenvalue weighted by Crippen LogP contribution is -2.49. The number of rotatable bonds is 5. The topological polar surface area (TPSA) is 93.5 Å². The maximum atomic E-state index is 12.6. The van der Waals surface area contributed by atoms with Gasteiger partial charge in [-0.3, -0.25) is 9.48 Å². The molecule has 1 atom stereocenters. The molecule has 158 valence electrons. The predicted octanol–water partition coefficient (Wildman–Crippen LogP) is 1.63. The molecule has 1 saturated heterocycles. The van der Waals surface area contributed by atoms with Gasteiger partial charge in [-0.15, -0.1) is 0 Å². The number of ether oxygens (including phenoxy) is 1. The van der Waals surface area contributed by atoms with E-state index in [9.17, 15) is 13.2 Å². The average molecular weight is 429 g/mol. The monoisotopic (exact) mass is 428 g/mol. The van der Waals surface area contributed by atoms with Crippen LogP contribution in [0.15, 0.2) is 48.7 Å². The Bertz CT molecular complexity index is 1190. The second-order valence-electron chi connectivity index (χ2n) is 7.48. The number of aryl methyl sites for hydroxylation is 1. The highest BCUT2D eigenvalue weighted by Crippen LogP contribution is 2.24. The lowest BCUT2D eigenvalue weighted by Gasteiger charge is -2.31. The molecule has 1 unspecified atom stereocenters. The highest BCUT2D eigenvalue weighted by Gasteiger charge is 2.26. The summed E-state index contributed by atoms with van der Waals surface area (Å²) in [5.41, 5.74) is 2.46. The average Bonchev–Trinajstić information content (AvgIpc) is 3.17. The molecule has 1 amide bonds. The first kappa shape index (κ1) is 20.5. The van der Waals surface area contributed by atoms with Crippen molar-refractivity contribution in [2.24, 2.45) is 7.05 Å². The molecule has 0 spiro atoms. The van der Waals surface area contributed by atoms with Gasteiger partial charge in [0.15, 0.2) is 0 Å². The van der Waals surface area contributed by atoms with Gasteiger partial charge in [0, 0.05) is 44.0 Å². The molecule has 3 aromatic rings. The first-order valence-corrected chi connectivity index (χ1v) is 11.5. The number of sulfonamides is 1. The van der Waals surface area contributed by atoms with E-state index in [0.717, 1.165) is 22.0 Å². The summed E-state index contributed by atoms with van der Waals surface area (Å²) in [5.74, 6) is -0.217. The number of morpholine rings is 1. The fourth-order valence-electron chi connectivity index (χ4n) is 3.54. The molecule has 1 aliphatic heterocycles. The van der Waals surface area contributed by atoms with Crippen LogP contribution in [0, 0.1) is 0 Å². The summed E-state index contributed by atoms with van der Waals surface area (Å²) in [5, 5.41) is 9.25. The predicted molar refractivity (Wildman–Crippen MR) is 115 cm³/mol. The number of fused-ring (bicyclic) bond motifs is 1. The fourth-order valence-corrected chi connectivity index (χ4v) is 4.38. The first-order chi connectivity index (χ1) is 14.3. The zero-order chi connectivity index (χ0) is 21.3. The van der Waals surface area contributed by atoms with Crippen molar-refractivity contribution in [1.82, 2.24) is 19.4 Å². The molecule has 1 aromatic heterocycles. The molecular formula is C21H24N4O4S. The third-order valence-electron chi connectivity index (χ3n) is 5.17. The zero-order valence-corrected chi connectivity index (χ0v) is 17.7. The van der Waals surface area contributed by atoms with Crippen molar-refractivity contribution >= 4 is 26.7 Å². The van der Waals surface area contributed by atoms with Crippen LogP contribution in [0.3, 0.4) is 0 Å². The Hall–Kier alpha value is -2.75. The Balaban J connectivity index is 1.43. The molecule has 2 heterocycles. The van der Waals surface area contributed by atoms with E-state index in [2.05, 4.69) is 16.5 Å².